The highest BCUT2D eigenvalue weighted by Crippen LogP contribution is 2.25. The van der Waals surface area contributed by atoms with Crippen LogP contribution in [0.2, 0.25) is 0 Å². The van der Waals surface area contributed by atoms with E-state index in [0.29, 0.717) is 29.5 Å². The molecule has 0 amide bonds. The summed E-state index contributed by atoms with van der Waals surface area (Å²) in [5.74, 6) is -0.388. The molecule has 5 nitrogen and oxygen atoms in total. The van der Waals surface area contributed by atoms with Gasteiger partial charge in [0.25, 0.3) is 0 Å². The molecule has 2 aromatic rings. The van der Waals surface area contributed by atoms with Crippen LogP contribution in [-0.2, 0) is 6.42 Å². The number of allylic oxidation sites excluding steroid dienone is 1. The zero-order chi connectivity index (χ0) is 18.4. The van der Waals surface area contributed by atoms with E-state index in [0.717, 1.165) is 17.0 Å². The second-order valence-corrected chi connectivity index (χ2v) is 6.12. The molecule has 0 radical (unpaired) electrons. The lowest BCUT2D eigenvalue weighted by Crippen LogP contribution is -2.13. The first-order valence-electron chi connectivity index (χ1n) is 8.01. The minimum Gasteiger partial charge on any atom is -0.404 e. The number of rotatable bonds is 7. The molecular weight excluding hydrogens is 387 g/mol. The van der Waals surface area contributed by atoms with Gasteiger partial charge in [0, 0.05) is 35.7 Å². The van der Waals surface area contributed by atoms with Gasteiger partial charge in [-0.05, 0) is 43.8 Å². The SMILES string of the molecule is CCN=C(CBr)C(=CN)Cc1cncn1-c1ccc(F)cc1C(C)O. The predicted molar refractivity (Wildman–Crippen MR) is 102 cm³/mol. The van der Waals surface area contributed by atoms with Crippen LogP contribution in [0.5, 0.6) is 0 Å². The molecule has 0 aliphatic carbocycles. The van der Waals surface area contributed by atoms with E-state index < -0.39 is 6.10 Å². The first kappa shape index (κ1) is 19.3. The molecule has 7 heteroatoms. The van der Waals surface area contributed by atoms with Gasteiger partial charge >= 0.3 is 0 Å². The molecule has 25 heavy (non-hydrogen) atoms. The topological polar surface area (TPSA) is 76.4 Å². The van der Waals surface area contributed by atoms with Crippen LogP contribution >= 0.6 is 15.9 Å². The third kappa shape index (κ3) is 4.55. The molecule has 1 atom stereocenters. The van der Waals surface area contributed by atoms with E-state index >= 15 is 0 Å². The van der Waals surface area contributed by atoms with Gasteiger partial charge in [-0.25, -0.2) is 9.37 Å². The summed E-state index contributed by atoms with van der Waals surface area (Å²) >= 11 is 3.44. The maximum absolute atomic E-state index is 13.6. The van der Waals surface area contributed by atoms with Crippen LogP contribution in [0, 0.1) is 5.82 Å². The fourth-order valence-electron chi connectivity index (χ4n) is 2.62. The van der Waals surface area contributed by atoms with Crippen molar-refractivity contribution >= 4 is 21.6 Å². The summed E-state index contributed by atoms with van der Waals surface area (Å²) in [6.07, 6.45) is 4.65. The lowest BCUT2D eigenvalue weighted by Gasteiger charge is -2.16. The first-order valence-corrected chi connectivity index (χ1v) is 9.13. The summed E-state index contributed by atoms with van der Waals surface area (Å²) in [6, 6.07) is 4.35. The number of benzene rings is 1. The van der Waals surface area contributed by atoms with Crippen molar-refractivity contribution in [2.45, 2.75) is 26.4 Å². The molecule has 1 heterocycles. The Morgan fingerprint density at radius 2 is 2.28 bits per heavy atom. The van der Waals surface area contributed by atoms with Gasteiger partial charge in [-0.1, -0.05) is 15.9 Å². The third-order valence-corrected chi connectivity index (χ3v) is 4.36. The standard InChI is InChI=1S/C18H22BrFN4O/c1-3-23-17(8-19)13(9-21)6-15-10-22-11-24(15)18-5-4-14(20)7-16(18)12(2)25/h4-5,7,9-12,25H,3,6,8,21H2,1-2H3. The number of halogens is 2. The summed E-state index contributed by atoms with van der Waals surface area (Å²) in [4.78, 5) is 8.66. The van der Waals surface area contributed by atoms with Crippen molar-refractivity contribution < 1.29 is 9.50 Å². The third-order valence-electron chi connectivity index (χ3n) is 3.83. The Bertz CT molecular complexity index is 783. The van der Waals surface area contributed by atoms with Gasteiger partial charge in [-0.2, -0.15) is 0 Å². The molecule has 2 rings (SSSR count). The molecule has 0 saturated carbocycles. The number of hydrogen-bond acceptors (Lipinski definition) is 4. The Morgan fingerprint density at radius 1 is 1.52 bits per heavy atom. The summed E-state index contributed by atoms with van der Waals surface area (Å²) in [5.41, 5.74) is 9.63. The fourth-order valence-corrected chi connectivity index (χ4v) is 3.16. The van der Waals surface area contributed by atoms with Gasteiger partial charge in [0.05, 0.1) is 23.8 Å². The van der Waals surface area contributed by atoms with E-state index in [4.69, 9.17) is 5.73 Å². The van der Waals surface area contributed by atoms with E-state index in [2.05, 4.69) is 25.9 Å². The van der Waals surface area contributed by atoms with Crippen LogP contribution in [0.3, 0.4) is 0 Å². The van der Waals surface area contributed by atoms with Crippen molar-refractivity contribution in [3.8, 4) is 5.69 Å². The highest BCUT2D eigenvalue weighted by molar-refractivity contribution is 9.09. The van der Waals surface area contributed by atoms with Crippen LogP contribution < -0.4 is 5.73 Å². The van der Waals surface area contributed by atoms with Gasteiger partial charge in [-0.15, -0.1) is 0 Å². The Balaban J connectivity index is 2.44. The normalized spacial score (nSPS) is 14.0. The molecule has 1 unspecified atom stereocenters. The van der Waals surface area contributed by atoms with Gasteiger partial charge in [0.1, 0.15) is 5.82 Å². The van der Waals surface area contributed by atoms with Crippen LogP contribution in [0.15, 0.2) is 47.5 Å². The minimum atomic E-state index is -0.801. The molecule has 0 spiro atoms. The van der Waals surface area contributed by atoms with E-state index in [-0.39, 0.29) is 5.82 Å². The Kier molecular flexibility index (Phi) is 6.90. The summed E-state index contributed by atoms with van der Waals surface area (Å²) in [5, 5.41) is 10.6. The van der Waals surface area contributed by atoms with E-state index in [1.54, 1.807) is 31.7 Å². The average Bonchev–Trinajstić information content (AvgIpc) is 3.05. The second-order valence-electron chi connectivity index (χ2n) is 5.56. The molecular formula is C18H22BrFN4O. The maximum Gasteiger partial charge on any atom is 0.123 e. The number of alkyl halides is 1. The molecule has 0 aliphatic heterocycles. The Hall–Kier alpha value is -1.99. The van der Waals surface area contributed by atoms with Crippen molar-refractivity contribution in [2.24, 2.45) is 10.7 Å². The molecule has 0 bridgehead atoms. The van der Waals surface area contributed by atoms with Gasteiger partial charge in [0.15, 0.2) is 0 Å². The summed E-state index contributed by atoms with van der Waals surface area (Å²) < 4.78 is 15.4. The van der Waals surface area contributed by atoms with E-state index in [1.807, 2.05) is 11.5 Å². The number of nitrogens with two attached hydrogens (primary N) is 1. The number of aromatic nitrogens is 2. The lowest BCUT2D eigenvalue weighted by atomic mass is 10.1. The Labute approximate surface area is 155 Å². The number of imidazole rings is 1. The van der Waals surface area contributed by atoms with Crippen LogP contribution in [-0.4, -0.2) is 32.2 Å². The van der Waals surface area contributed by atoms with Crippen molar-refractivity contribution in [1.82, 2.24) is 9.55 Å². The van der Waals surface area contributed by atoms with E-state index in [9.17, 15) is 9.50 Å². The fraction of sp³-hybridized carbons (Fsp3) is 0.333. The zero-order valence-corrected chi connectivity index (χ0v) is 15.9. The minimum absolute atomic E-state index is 0.388. The second kappa shape index (κ2) is 8.92. The number of nitrogens with zero attached hydrogens (tertiary/aromatic N) is 3. The quantitative estimate of drug-likeness (QED) is 0.544. The largest absolute Gasteiger partial charge is 0.404 e. The lowest BCUT2D eigenvalue weighted by molar-refractivity contribution is 0.198. The number of aliphatic hydroxyl groups is 1. The highest BCUT2D eigenvalue weighted by atomic mass is 79.9. The molecule has 0 fully saturated rings. The number of aliphatic hydroxyl groups excluding tert-OH is 1. The van der Waals surface area contributed by atoms with E-state index in [1.165, 1.54) is 12.1 Å². The summed E-state index contributed by atoms with van der Waals surface area (Å²) in [6.45, 7) is 4.24. The van der Waals surface area contributed by atoms with Crippen LogP contribution in [0.25, 0.3) is 5.69 Å². The zero-order valence-electron chi connectivity index (χ0n) is 14.3. The Morgan fingerprint density at radius 3 is 2.88 bits per heavy atom. The smallest absolute Gasteiger partial charge is 0.123 e. The van der Waals surface area contributed by atoms with Crippen LogP contribution in [0.1, 0.15) is 31.2 Å². The van der Waals surface area contributed by atoms with Crippen LogP contribution in [0.4, 0.5) is 4.39 Å². The molecule has 0 saturated heterocycles. The monoisotopic (exact) mass is 408 g/mol. The molecule has 0 aliphatic rings. The maximum atomic E-state index is 13.6. The molecule has 1 aromatic heterocycles. The number of aliphatic imine (C=N–C) groups is 1. The predicted octanol–water partition coefficient (Wildman–Crippen LogP) is 3.31. The molecule has 3 N–H and O–H groups in total. The van der Waals surface area contributed by atoms with Crippen molar-refractivity contribution in [2.75, 3.05) is 11.9 Å². The summed E-state index contributed by atoms with van der Waals surface area (Å²) in [7, 11) is 0. The van der Waals surface area contributed by atoms with Crippen molar-refractivity contribution in [3.05, 3.63) is 59.6 Å². The first-order chi connectivity index (χ1) is 12.0. The van der Waals surface area contributed by atoms with Gasteiger partial charge < -0.3 is 15.4 Å². The van der Waals surface area contributed by atoms with Gasteiger partial charge in [0.2, 0.25) is 0 Å². The van der Waals surface area contributed by atoms with Crippen molar-refractivity contribution in [1.29, 1.82) is 0 Å². The highest BCUT2D eigenvalue weighted by Gasteiger charge is 2.15. The number of hydrogen-bond donors (Lipinski definition) is 2. The molecule has 1 aromatic carbocycles. The average molecular weight is 409 g/mol. The molecule has 134 valence electrons. The van der Waals surface area contributed by atoms with Crippen molar-refractivity contribution in [3.63, 3.8) is 0 Å². The van der Waals surface area contributed by atoms with Gasteiger partial charge in [-0.3, -0.25) is 4.99 Å².